The van der Waals surface area contributed by atoms with E-state index in [9.17, 15) is 9.90 Å². The number of aliphatic hydroxyl groups is 1. The standard InChI is InChI=1S/C37H41FO7/c1-4-5-24-43-35(34(39)26-44-36(40)27-12-8-6-9-13-27)33(38)25-45-37(28-14-10-7-11-15-28,29-16-20-31(41-2)21-17-29)30-18-22-32(42-3)23-19-30/h6-23,33-35,39H,4-5,24-26H2,1-3H3/t33-,34?,35-/m0/s1. The number of esters is 1. The molecule has 0 aliphatic heterocycles. The lowest BCUT2D eigenvalue weighted by Crippen LogP contribution is -2.45. The minimum atomic E-state index is -1.77. The molecule has 4 aromatic carbocycles. The van der Waals surface area contributed by atoms with Crippen LogP contribution in [0.15, 0.2) is 109 Å². The Hall–Kier alpha value is -4.24. The SMILES string of the molecule is CCCCO[C@H](C(O)COC(=O)c1ccccc1)[C@@H](F)COC(c1ccccc1)(c1ccc(OC)cc1)c1ccc(OC)cc1. The average molecular weight is 617 g/mol. The van der Waals surface area contributed by atoms with Crippen molar-refractivity contribution in [3.63, 3.8) is 0 Å². The fourth-order valence-corrected chi connectivity index (χ4v) is 5.11. The van der Waals surface area contributed by atoms with Gasteiger partial charge in [-0.15, -0.1) is 0 Å². The van der Waals surface area contributed by atoms with E-state index in [1.807, 2.05) is 85.8 Å². The summed E-state index contributed by atoms with van der Waals surface area (Å²) < 4.78 is 45.0. The first-order valence-corrected chi connectivity index (χ1v) is 15.1. The van der Waals surface area contributed by atoms with Crippen LogP contribution in [0.5, 0.6) is 11.5 Å². The Bertz CT molecular complexity index is 1380. The molecule has 0 aliphatic carbocycles. The van der Waals surface area contributed by atoms with Crippen molar-refractivity contribution in [2.45, 2.75) is 43.7 Å². The Kier molecular flexibility index (Phi) is 12.5. The fraction of sp³-hybridized carbons (Fsp3) is 0.324. The van der Waals surface area contributed by atoms with Gasteiger partial charge in [-0.2, -0.15) is 0 Å². The predicted octanol–water partition coefficient (Wildman–Crippen LogP) is 6.75. The van der Waals surface area contributed by atoms with Gasteiger partial charge in [0.15, 0.2) is 6.17 Å². The van der Waals surface area contributed by atoms with E-state index in [0.717, 1.165) is 23.1 Å². The second-order valence-corrected chi connectivity index (χ2v) is 10.6. The quantitative estimate of drug-likeness (QED) is 0.0798. The van der Waals surface area contributed by atoms with Gasteiger partial charge in [0, 0.05) is 6.61 Å². The Morgan fingerprint density at radius 2 is 1.27 bits per heavy atom. The van der Waals surface area contributed by atoms with Crippen LogP contribution in [0.25, 0.3) is 0 Å². The third-order valence-electron chi connectivity index (χ3n) is 7.57. The first kappa shape index (κ1) is 33.6. The van der Waals surface area contributed by atoms with Crippen molar-refractivity contribution in [3.8, 4) is 11.5 Å². The molecule has 0 amide bonds. The molecule has 0 spiro atoms. The first-order valence-electron chi connectivity index (χ1n) is 15.1. The van der Waals surface area contributed by atoms with E-state index in [2.05, 4.69) is 0 Å². The summed E-state index contributed by atoms with van der Waals surface area (Å²) in [7, 11) is 3.18. The lowest BCUT2D eigenvalue weighted by Gasteiger charge is -2.37. The van der Waals surface area contributed by atoms with Crippen LogP contribution in [-0.2, 0) is 19.8 Å². The number of carbonyl (C=O) groups excluding carboxylic acids is 1. The van der Waals surface area contributed by atoms with Gasteiger partial charge in [-0.1, -0.05) is 86.1 Å². The predicted molar refractivity (Wildman–Crippen MR) is 171 cm³/mol. The smallest absolute Gasteiger partial charge is 0.338 e. The summed E-state index contributed by atoms with van der Waals surface area (Å²) in [5.41, 5.74) is 1.34. The van der Waals surface area contributed by atoms with Crippen molar-refractivity contribution in [1.82, 2.24) is 0 Å². The topological polar surface area (TPSA) is 83.5 Å². The van der Waals surface area contributed by atoms with Gasteiger partial charge in [0.2, 0.25) is 0 Å². The third kappa shape index (κ3) is 8.48. The van der Waals surface area contributed by atoms with E-state index >= 15 is 4.39 Å². The molecule has 0 aromatic heterocycles. The van der Waals surface area contributed by atoms with Crippen LogP contribution >= 0.6 is 0 Å². The molecule has 1 N–H and O–H groups in total. The van der Waals surface area contributed by atoms with Crippen LogP contribution in [-0.4, -0.2) is 63.5 Å². The van der Waals surface area contributed by atoms with Crippen LogP contribution in [0.4, 0.5) is 4.39 Å². The van der Waals surface area contributed by atoms with Gasteiger partial charge in [-0.3, -0.25) is 0 Å². The molecular formula is C37H41FO7. The average Bonchev–Trinajstić information content (AvgIpc) is 3.10. The van der Waals surface area contributed by atoms with Gasteiger partial charge < -0.3 is 28.8 Å². The van der Waals surface area contributed by atoms with Crippen LogP contribution < -0.4 is 9.47 Å². The van der Waals surface area contributed by atoms with Gasteiger partial charge in [-0.25, -0.2) is 9.18 Å². The second kappa shape index (κ2) is 16.7. The largest absolute Gasteiger partial charge is 0.497 e. The number of ether oxygens (including phenoxy) is 5. The maximum absolute atomic E-state index is 16.3. The number of carbonyl (C=O) groups is 1. The molecule has 0 heterocycles. The van der Waals surface area contributed by atoms with Crippen LogP contribution in [0.1, 0.15) is 46.8 Å². The number of unbranched alkanes of at least 4 members (excludes halogenated alkanes) is 1. The molecule has 7 nitrogen and oxygen atoms in total. The molecule has 1 unspecified atom stereocenters. The second-order valence-electron chi connectivity index (χ2n) is 10.6. The molecular weight excluding hydrogens is 575 g/mol. The summed E-state index contributed by atoms with van der Waals surface area (Å²) in [5.74, 6) is 0.712. The Morgan fingerprint density at radius 1 is 0.756 bits per heavy atom. The molecule has 0 saturated carbocycles. The number of halogens is 1. The van der Waals surface area contributed by atoms with Crippen molar-refractivity contribution < 1.29 is 38.0 Å². The fourth-order valence-electron chi connectivity index (χ4n) is 5.11. The summed E-state index contributed by atoms with van der Waals surface area (Å²) in [6.07, 6.45) is -3.01. The molecule has 238 valence electrons. The Balaban J connectivity index is 1.65. The summed E-state index contributed by atoms with van der Waals surface area (Å²) in [5, 5.41) is 11.0. The maximum Gasteiger partial charge on any atom is 0.338 e. The number of alkyl halides is 1. The summed E-state index contributed by atoms with van der Waals surface area (Å²) in [6.45, 7) is 1.34. The van der Waals surface area contributed by atoms with E-state index in [4.69, 9.17) is 23.7 Å². The normalized spacial score (nSPS) is 13.4. The highest BCUT2D eigenvalue weighted by Crippen LogP contribution is 2.42. The van der Waals surface area contributed by atoms with Gasteiger partial charge >= 0.3 is 5.97 Å². The molecule has 4 aromatic rings. The zero-order valence-corrected chi connectivity index (χ0v) is 25.9. The summed E-state index contributed by atoms with van der Waals surface area (Å²) >= 11 is 0. The van der Waals surface area contributed by atoms with E-state index < -0.39 is 43.2 Å². The Morgan fingerprint density at radius 3 is 1.78 bits per heavy atom. The van der Waals surface area contributed by atoms with E-state index in [0.29, 0.717) is 23.5 Å². The maximum atomic E-state index is 16.3. The number of methoxy groups -OCH3 is 2. The van der Waals surface area contributed by atoms with Crippen LogP contribution in [0, 0.1) is 0 Å². The molecule has 0 aliphatic rings. The van der Waals surface area contributed by atoms with Crippen molar-refractivity contribution in [3.05, 3.63) is 131 Å². The number of aliphatic hydroxyl groups excluding tert-OH is 1. The molecule has 0 fully saturated rings. The number of hydrogen-bond acceptors (Lipinski definition) is 7. The minimum Gasteiger partial charge on any atom is -0.497 e. The lowest BCUT2D eigenvalue weighted by molar-refractivity contribution is -0.121. The third-order valence-corrected chi connectivity index (χ3v) is 7.57. The lowest BCUT2D eigenvalue weighted by atomic mass is 9.80. The molecule has 0 saturated heterocycles. The molecule has 0 radical (unpaired) electrons. The molecule has 3 atom stereocenters. The van der Waals surface area contributed by atoms with Crippen molar-refractivity contribution in [2.75, 3.05) is 34.0 Å². The number of rotatable bonds is 17. The Labute approximate surface area is 264 Å². The van der Waals surface area contributed by atoms with Gasteiger partial charge in [-0.05, 0) is 59.5 Å². The van der Waals surface area contributed by atoms with E-state index in [-0.39, 0.29) is 6.61 Å². The molecule has 8 heteroatoms. The summed E-state index contributed by atoms with van der Waals surface area (Å²) in [4.78, 5) is 12.5. The van der Waals surface area contributed by atoms with Gasteiger partial charge in [0.25, 0.3) is 0 Å². The monoisotopic (exact) mass is 616 g/mol. The summed E-state index contributed by atoms with van der Waals surface area (Å²) in [6, 6.07) is 32.8. The highest BCUT2D eigenvalue weighted by Gasteiger charge is 2.40. The highest BCUT2D eigenvalue weighted by atomic mass is 19.1. The molecule has 0 bridgehead atoms. The highest BCUT2D eigenvalue weighted by molar-refractivity contribution is 5.89. The van der Waals surface area contributed by atoms with E-state index in [1.165, 1.54) is 0 Å². The van der Waals surface area contributed by atoms with Gasteiger partial charge in [0.05, 0.1) is 26.4 Å². The van der Waals surface area contributed by atoms with Crippen molar-refractivity contribution in [2.24, 2.45) is 0 Å². The van der Waals surface area contributed by atoms with Crippen molar-refractivity contribution >= 4 is 5.97 Å². The molecule has 4 rings (SSSR count). The zero-order valence-electron chi connectivity index (χ0n) is 25.9. The van der Waals surface area contributed by atoms with Gasteiger partial charge in [0.1, 0.15) is 35.9 Å². The van der Waals surface area contributed by atoms with Crippen molar-refractivity contribution in [1.29, 1.82) is 0 Å². The number of benzene rings is 4. The number of hydrogen-bond donors (Lipinski definition) is 1. The van der Waals surface area contributed by atoms with E-state index in [1.54, 1.807) is 44.6 Å². The first-order chi connectivity index (χ1) is 21.9. The zero-order chi connectivity index (χ0) is 32.1. The molecule has 45 heavy (non-hydrogen) atoms. The van der Waals surface area contributed by atoms with Crippen LogP contribution in [0.3, 0.4) is 0 Å². The minimum absolute atomic E-state index is 0.228. The van der Waals surface area contributed by atoms with Crippen LogP contribution in [0.2, 0.25) is 0 Å².